The number of carboxylic acid groups (broad SMARTS) is 1. The number of nitrogens with zero attached hydrogens (tertiary/aromatic N) is 1. The highest BCUT2D eigenvalue weighted by atomic mass is 16.4. The molecule has 2 atom stereocenters. The molecule has 7 nitrogen and oxygen atoms in total. The molecule has 3 amide bonds. The minimum Gasteiger partial charge on any atom is -0.481 e. The van der Waals surface area contributed by atoms with Crippen molar-refractivity contribution in [1.29, 1.82) is 0 Å². The number of carboxylic acids is 1. The molecular weight excluding hydrogens is 274 g/mol. The van der Waals surface area contributed by atoms with Crippen LogP contribution in [0.3, 0.4) is 0 Å². The zero-order valence-corrected chi connectivity index (χ0v) is 12.7. The Morgan fingerprint density at radius 2 is 2.05 bits per heavy atom. The van der Waals surface area contributed by atoms with Gasteiger partial charge in [0, 0.05) is 26.1 Å². The van der Waals surface area contributed by atoms with Crippen LogP contribution in [0.15, 0.2) is 0 Å². The van der Waals surface area contributed by atoms with Crippen LogP contribution in [0, 0.1) is 17.8 Å². The molecule has 0 radical (unpaired) electrons. The smallest absolute Gasteiger partial charge is 0.317 e. The van der Waals surface area contributed by atoms with Gasteiger partial charge in [0.25, 0.3) is 0 Å². The maximum atomic E-state index is 12.0. The van der Waals surface area contributed by atoms with Gasteiger partial charge < -0.3 is 21.1 Å². The molecule has 120 valence electrons. The summed E-state index contributed by atoms with van der Waals surface area (Å²) in [5.74, 6) is -1.22. The Hall–Kier alpha value is -1.79. The van der Waals surface area contributed by atoms with E-state index < -0.39 is 5.97 Å². The second kappa shape index (κ2) is 7.85. The number of carbonyl (C=O) groups is 3. The molecule has 1 aliphatic heterocycles. The van der Waals surface area contributed by atoms with E-state index in [0.29, 0.717) is 32.0 Å². The number of likely N-dealkylation sites (tertiary alicyclic amines) is 1. The first-order valence-corrected chi connectivity index (χ1v) is 7.33. The first-order valence-electron chi connectivity index (χ1n) is 7.33. The van der Waals surface area contributed by atoms with Crippen molar-refractivity contribution in [2.24, 2.45) is 23.5 Å². The largest absolute Gasteiger partial charge is 0.481 e. The average molecular weight is 299 g/mol. The molecule has 1 heterocycles. The van der Waals surface area contributed by atoms with E-state index in [-0.39, 0.29) is 30.2 Å². The van der Waals surface area contributed by atoms with Gasteiger partial charge in [-0.1, -0.05) is 13.8 Å². The maximum Gasteiger partial charge on any atom is 0.317 e. The topological polar surface area (TPSA) is 113 Å². The predicted molar refractivity (Wildman–Crippen MR) is 77.5 cm³/mol. The Morgan fingerprint density at radius 1 is 1.38 bits per heavy atom. The summed E-state index contributed by atoms with van der Waals surface area (Å²) >= 11 is 0. The third-order valence-corrected chi connectivity index (χ3v) is 3.69. The van der Waals surface area contributed by atoms with E-state index in [4.69, 9.17) is 10.8 Å². The molecule has 0 saturated carbocycles. The van der Waals surface area contributed by atoms with Crippen LogP contribution in [0.4, 0.5) is 4.79 Å². The molecule has 0 aromatic rings. The van der Waals surface area contributed by atoms with Gasteiger partial charge in [0.1, 0.15) is 0 Å². The van der Waals surface area contributed by atoms with Crippen LogP contribution in [-0.2, 0) is 9.59 Å². The highest BCUT2D eigenvalue weighted by Gasteiger charge is 2.29. The zero-order chi connectivity index (χ0) is 16.0. The number of urea groups is 1. The average Bonchev–Trinajstić information content (AvgIpc) is 2.83. The van der Waals surface area contributed by atoms with E-state index in [1.54, 1.807) is 4.90 Å². The number of hydrogen-bond donors (Lipinski definition) is 3. The number of hydrogen-bond acceptors (Lipinski definition) is 3. The minimum absolute atomic E-state index is 0.0440. The fraction of sp³-hybridized carbons (Fsp3) is 0.786. The van der Waals surface area contributed by atoms with Gasteiger partial charge in [-0.2, -0.15) is 0 Å². The van der Waals surface area contributed by atoms with E-state index in [9.17, 15) is 14.4 Å². The summed E-state index contributed by atoms with van der Waals surface area (Å²) in [5, 5.41) is 11.7. The van der Waals surface area contributed by atoms with Gasteiger partial charge in [-0.3, -0.25) is 9.59 Å². The Balaban J connectivity index is 2.42. The number of primary amides is 1. The predicted octanol–water partition coefficient (Wildman–Crippen LogP) is 0.640. The molecule has 0 spiro atoms. The maximum absolute atomic E-state index is 12.0. The molecule has 0 aromatic carbocycles. The zero-order valence-electron chi connectivity index (χ0n) is 12.7. The number of nitrogens with one attached hydrogen (secondary N) is 1. The molecule has 1 unspecified atom stereocenters. The standard InChI is InChI=1S/C14H25N3O4/c1-9(2)5-10(6-12(18)19)7-16-14(21)17-4-3-11(8-17)13(15)20/h9-11H,3-8H2,1-2H3,(H2,15,20)(H,16,21)(H,18,19)/t10-,11?/m0/s1. The van der Waals surface area contributed by atoms with Crippen molar-refractivity contribution in [3.05, 3.63) is 0 Å². The normalized spacial score (nSPS) is 19.6. The molecule has 7 heteroatoms. The van der Waals surface area contributed by atoms with Crippen molar-refractivity contribution in [1.82, 2.24) is 10.2 Å². The van der Waals surface area contributed by atoms with Crippen molar-refractivity contribution in [3.8, 4) is 0 Å². The van der Waals surface area contributed by atoms with Crippen LogP contribution < -0.4 is 11.1 Å². The molecule has 0 aromatic heterocycles. The van der Waals surface area contributed by atoms with E-state index in [0.717, 1.165) is 6.42 Å². The molecule has 1 saturated heterocycles. The van der Waals surface area contributed by atoms with Crippen molar-refractivity contribution in [3.63, 3.8) is 0 Å². The van der Waals surface area contributed by atoms with Gasteiger partial charge in [-0.15, -0.1) is 0 Å². The van der Waals surface area contributed by atoms with E-state index in [1.165, 1.54) is 0 Å². The lowest BCUT2D eigenvalue weighted by Crippen LogP contribution is -2.41. The fourth-order valence-electron chi connectivity index (χ4n) is 2.67. The summed E-state index contributed by atoms with van der Waals surface area (Å²) in [6.07, 6.45) is 1.38. The summed E-state index contributed by atoms with van der Waals surface area (Å²) < 4.78 is 0. The molecular formula is C14H25N3O4. The van der Waals surface area contributed by atoms with Crippen LogP contribution in [-0.4, -0.2) is 47.5 Å². The van der Waals surface area contributed by atoms with Gasteiger partial charge in [-0.25, -0.2) is 4.79 Å². The van der Waals surface area contributed by atoms with Gasteiger partial charge in [0.2, 0.25) is 5.91 Å². The third-order valence-electron chi connectivity index (χ3n) is 3.69. The molecule has 1 aliphatic rings. The number of nitrogens with two attached hydrogens (primary N) is 1. The van der Waals surface area contributed by atoms with Crippen LogP contribution in [0.5, 0.6) is 0 Å². The monoisotopic (exact) mass is 299 g/mol. The molecule has 1 fully saturated rings. The summed E-state index contributed by atoms with van der Waals surface area (Å²) in [4.78, 5) is 35.5. The third kappa shape index (κ3) is 6.01. The van der Waals surface area contributed by atoms with Crippen molar-refractivity contribution >= 4 is 17.9 Å². The summed E-state index contributed by atoms with van der Waals surface area (Å²) in [6.45, 7) is 5.23. The quantitative estimate of drug-likeness (QED) is 0.640. The molecule has 1 rings (SSSR count). The Bertz CT molecular complexity index is 398. The van der Waals surface area contributed by atoms with Gasteiger partial charge in [-0.05, 0) is 24.7 Å². The molecule has 21 heavy (non-hydrogen) atoms. The summed E-state index contributed by atoms with van der Waals surface area (Å²) in [7, 11) is 0. The lowest BCUT2D eigenvalue weighted by Gasteiger charge is -2.21. The number of aliphatic carboxylic acids is 1. The van der Waals surface area contributed by atoms with Crippen molar-refractivity contribution < 1.29 is 19.5 Å². The molecule has 0 aliphatic carbocycles. The van der Waals surface area contributed by atoms with Crippen LogP contribution in [0.2, 0.25) is 0 Å². The van der Waals surface area contributed by atoms with Crippen molar-refractivity contribution in [2.45, 2.75) is 33.1 Å². The number of amides is 3. The van der Waals surface area contributed by atoms with E-state index >= 15 is 0 Å². The van der Waals surface area contributed by atoms with E-state index in [1.807, 2.05) is 13.8 Å². The van der Waals surface area contributed by atoms with Gasteiger partial charge in [0.05, 0.1) is 5.92 Å². The van der Waals surface area contributed by atoms with Crippen molar-refractivity contribution in [2.75, 3.05) is 19.6 Å². The lowest BCUT2D eigenvalue weighted by atomic mass is 9.94. The van der Waals surface area contributed by atoms with Crippen LogP contribution >= 0.6 is 0 Å². The Kier molecular flexibility index (Phi) is 6.45. The number of rotatable bonds is 7. The Morgan fingerprint density at radius 3 is 2.52 bits per heavy atom. The second-order valence-corrected chi connectivity index (χ2v) is 6.11. The van der Waals surface area contributed by atoms with Crippen LogP contribution in [0.25, 0.3) is 0 Å². The molecule has 0 bridgehead atoms. The van der Waals surface area contributed by atoms with Gasteiger partial charge >= 0.3 is 12.0 Å². The Labute approximate surface area is 124 Å². The highest BCUT2D eigenvalue weighted by molar-refractivity contribution is 5.80. The van der Waals surface area contributed by atoms with Crippen LogP contribution in [0.1, 0.15) is 33.1 Å². The summed E-state index contributed by atoms with van der Waals surface area (Å²) in [5.41, 5.74) is 5.23. The first kappa shape index (κ1) is 17.3. The molecule has 4 N–H and O–H groups in total. The second-order valence-electron chi connectivity index (χ2n) is 6.11. The number of carbonyl (C=O) groups excluding carboxylic acids is 2. The van der Waals surface area contributed by atoms with Gasteiger partial charge in [0.15, 0.2) is 0 Å². The SMILES string of the molecule is CC(C)C[C@H](CNC(=O)N1CCC(C(N)=O)C1)CC(=O)O. The van der Waals surface area contributed by atoms with E-state index in [2.05, 4.69) is 5.32 Å². The first-order chi connectivity index (χ1) is 9.79. The lowest BCUT2D eigenvalue weighted by molar-refractivity contribution is -0.138. The highest BCUT2D eigenvalue weighted by Crippen LogP contribution is 2.17. The minimum atomic E-state index is -0.857. The summed E-state index contributed by atoms with van der Waals surface area (Å²) in [6, 6.07) is -0.252. The fourth-order valence-corrected chi connectivity index (χ4v) is 2.67.